The first kappa shape index (κ1) is 14.9. The number of ether oxygens (including phenoxy) is 1. The second-order valence-electron chi connectivity index (χ2n) is 6.35. The van der Waals surface area contributed by atoms with Gasteiger partial charge in [0.15, 0.2) is 0 Å². The lowest BCUT2D eigenvalue weighted by Crippen LogP contribution is -2.24. The van der Waals surface area contributed by atoms with E-state index in [9.17, 15) is 0 Å². The molecule has 24 heavy (non-hydrogen) atoms. The van der Waals surface area contributed by atoms with Crippen molar-refractivity contribution < 1.29 is 4.74 Å². The van der Waals surface area contributed by atoms with Gasteiger partial charge in [-0.1, -0.05) is 23.8 Å². The standard InChI is InChI=1S/C20H21N3O/c1-14-8-9-18-17(11-14)20(22-13-21-18)23-10-4-7-19(23)15-5-3-6-16(12-15)24-2/h3,5-6,8-9,11-13,19H,4,7,10H2,1-2H3. The summed E-state index contributed by atoms with van der Waals surface area (Å²) in [7, 11) is 1.71. The molecule has 1 saturated heterocycles. The number of nitrogens with zero attached hydrogens (tertiary/aromatic N) is 3. The number of anilines is 1. The Morgan fingerprint density at radius 2 is 2.04 bits per heavy atom. The fourth-order valence-corrected chi connectivity index (χ4v) is 3.60. The SMILES string of the molecule is COc1cccc(C2CCCN2c2ncnc3ccc(C)cc23)c1. The molecular weight excluding hydrogens is 298 g/mol. The molecule has 0 saturated carbocycles. The van der Waals surface area contributed by atoms with Crippen molar-refractivity contribution in [1.29, 1.82) is 0 Å². The average Bonchev–Trinajstić information content (AvgIpc) is 3.10. The van der Waals surface area contributed by atoms with Crippen molar-refractivity contribution in [2.24, 2.45) is 0 Å². The number of methoxy groups -OCH3 is 1. The molecule has 1 aromatic heterocycles. The fraction of sp³-hybridized carbons (Fsp3) is 0.300. The molecule has 4 rings (SSSR count). The van der Waals surface area contributed by atoms with Gasteiger partial charge < -0.3 is 9.64 Å². The van der Waals surface area contributed by atoms with Crippen LogP contribution in [0.4, 0.5) is 5.82 Å². The van der Waals surface area contributed by atoms with Gasteiger partial charge in [-0.15, -0.1) is 0 Å². The van der Waals surface area contributed by atoms with Crippen LogP contribution in [0.1, 0.15) is 30.0 Å². The topological polar surface area (TPSA) is 38.2 Å². The van der Waals surface area contributed by atoms with E-state index in [1.54, 1.807) is 13.4 Å². The van der Waals surface area contributed by atoms with Crippen molar-refractivity contribution in [3.05, 3.63) is 59.9 Å². The van der Waals surface area contributed by atoms with Crippen LogP contribution in [0.2, 0.25) is 0 Å². The number of aromatic nitrogens is 2. The van der Waals surface area contributed by atoms with Crippen molar-refractivity contribution in [1.82, 2.24) is 9.97 Å². The molecule has 0 bridgehead atoms. The molecule has 0 N–H and O–H groups in total. The molecule has 2 aromatic carbocycles. The van der Waals surface area contributed by atoms with Crippen LogP contribution < -0.4 is 9.64 Å². The first-order valence-electron chi connectivity index (χ1n) is 8.38. The van der Waals surface area contributed by atoms with E-state index in [1.165, 1.54) is 17.5 Å². The minimum absolute atomic E-state index is 0.332. The Morgan fingerprint density at radius 1 is 1.12 bits per heavy atom. The number of aryl methyl sites for hydroxylation is 1. The van der Waals surface area contributed by atoms with Crippen molar-refractivity contribution in [2.75, 3.05) is 18.6 Å². The summed E-state index contributed by atoms with van der Waals surface area (Å²) in [5.74, 6) is 1.94. The molecule has 2 heterocycles. The Labute approximate surface area is 142 Å². The highest BCUT2D eigenvalue weighted by atomic mass is 16.5. The molecule has 1 atom stereocenters. The first-order chi connectivity index (χ1) is 11.8. The predicted octanol–water partition coefficient (Wildman–Crippen LogP) is 4.29. The van der Waals surface area contributed by atoms with Crippen LogP contribution in [0.15, 0.2) is 48.8 Å². The second kappa shape index (κ2) is 6.11. The summed E-state index contributed by atoms with van der Waals surface area (Å²) in [5.41, 5.74) is 3.52. The number of rotatable bonds is 3. The lowest BCUT2D eigenvalue weighted by molar-refractivity contribution is 0.414. The summed E-state index contributed by atoms with van der Waals surface area (Å²) in [6.07, 6.45) is 3.97. The molecule has 0 aliphatic carbocycles. The average molecular weight is 319 g/mol. The van der Waals surface area contributed by atoms with Crippen molar-refractivity contribution in [3.63, 3.8) is 0 Å². The van der Waals surface area contributed by atoms with Crippen LogP contribution in [0.25, 0.3) is 10.9 Å². The summed E-state index contributed by atoms with van der Waals surface area (Å²) < 4.78 is 5.40. The van der Waals surface area contributed by atoms with E-state index in [-0.39, 0.29) is 0 Å². The molecule has 0 amide bonds. The summed E-state index contributed by atoms with van der Waals surface area (Å²) in [4.78, 5) is 11.5. The van der Waals surface area contributed by atoms with E-state index in [1.807, 2.05) is 6.07 Å². The van der Waals surface area contributed by atoms with E-state index >= 15 is 0 Å². The van der Waals surface area contributed by atoms with Crippen molar-refractivity contribution in [3.8, 4) is 5.75 Å². The molecule has 4 nitrogen and oxygen atoms in total. The van der Waals surface area contributed by atoms with Crippen LogP contribution in [-0.4, -0.2) is 23.6 Å². The van der Waals surface area contributed by atoms with Gasteiger partial charge in [-0.25, -0.2) is 9.97 Å². The normalized spacial score (nSPS) is 17.4. The second-order valence-corrected chi connectivity index (χ2v) is 6.35. The van der Waals surface area contributed by atoms with Crippen LogP contribution >= 0.6 is 0 Å². The largest absolute Gasteiger partial charge is 0.497 e. The van der Waals surface area contributed by atoms with Gasteiger partial charge in [0.2, 0.25) is 0 Å². The molecule has 4 heteroatoms. The van der Waals surface area contributed by atoms with Gasteiger partial charge in [0, 0.05) is 11.9 Å². The third-order valence-electron chi connectivity index (χ3n) is 4.77. The maximum Gasteiger partial charge on any atom is 0.140 e. The number of hydrogen-bond donors (Lipinski definition) is 0. The highest BCUT2D eigenvalue weighted by Crippen LogP contribution is 2.38. The van der Waals surface area contributed by atoms with E-state index in [0.29, 0.717) is 6.04 Å². The lowest BCUT2D eigenvalue weighted by atomic mass is 10.0. The molecular formula is C20H21N3O. The van der Waals surface area contributed by atoms with Crippen LogP contribution in [0.5, 0.6) is 5.75 Å². The minimum atomic E-state index is 0.332. The molecule has 1 aliphatic rings. The zero-order valence-corrected chi connectivity index (χ0v) is 14.1. The molecule has 0 spiro atoms. The summed E-state index contributed by atoms with van der Waals surface area (Å²) in [6, 6.07) is 15.1. The predicted molar refractivity (Wildman–Crippen MR) is 96.6 cm³/mol. The maximum absolute atomic E-state index is 5.40. The van der Waals surface area contributed by atoms with E-state index < -0.39 is 0 Å². The zero-order valence-electron chi connectivity index (χ0n) is 14.1. The Kier molecular flexibility index (Phi) is 3.81. The fourth-order valence-electron chi connectivity index (χ4n) is 3.60. The third-order valence-corrected chi connectivity index (χ3v) is 4.77. The highest BCUT2D eigenvalue weighted by Gasteiger charge is 2.28. The van der Waals surface area contributed by atoms with Gasteiger partial charge >= 0.3 is 0 Å². The quantitative estimate of drug-likeness (QED) is 0.722. The number of hydrogen-bond acceptors (Lipinski definition) is 4. The van der Waals surface area contributed by atoms with Gasteiger partial charge in [0.05, 0.1) is 18.7 Å². The summed E-state index contributed by atoms with van der Waals surface area (Å²) in [5, 5.41) is 1.13. The van der Waals surface area contributed by atoms with Gasteiger partial charge in [0.25, 0.3) is 0 Å². The van der Waals surface area contributed by atoms with Gasteiger partial charge in [-0.3, -0.25) is 0 Å². The zero-order chi connectivity index (χ0) is 16.5. The number of benzene rings is 2. The Hall–Kier alpha value is -2.62. The van der Waals surface area contributed by atoms with E-state index in [0.717, 1.165) is 35.4 Å². The summed E-state index contributed by atoms with van der Waals surface area (Å²) >= 11 is 0. The summed E-state index contributed by atoms with van der Waals surface area (Å²) in [6.45, 7) is 3.13. The van der Waals surface area contributed by atoms with Crippen LogP contribution in [0.3, 0.4) is 0 Å². The van der Waals surface area contributed by atoms with Gasteiger partial charge in [-0.05, 0) is 49.6 Å². The van der Waals surface area contributed by atoms with Gasteiger partial charge in [0.1, 0.15) is 17.9 Å². The molecule has 1 aliphatic heterocycles. The Balaban J connectivity index is 1.79. The Bertz CT molecular complexity index is 878. The molecule has 3 aromatic rings. The van der Waals surface area contributed by atoms with Crippen molar-refractivity contribution >= 4 is 16.7 Å². The smallest absolute Gasteiger partial charge is 0.140 e. The van der Waals surface area contributed by atoms with Crippen LogP contribution in [0, 0.1) is 6.92 Å². The van der Waals surface area contributed by atoms with Crippen LogP contribution in [-0.2, 0) is 0 Å². The molecule has 122 valence electrons. The van der Waals surface area contributed by atoms with E-state index in [2.05, 4.69) is 58.2 Å². The molecule has 1 fully saturated rings. The molecule has 1 unspecified atom stereocenters. The molecule has 0 radical (unpaired) electrons. The highest BCUT2D eigenvalue weighted by molar-refractivity contribution is 5.90. The number of fused-ring (bicyclic) bond motifs is 1. The van der Waals surface area contributed by atoms with E-state index in [4.69, 9.17) is 4.74 Å². The van der Waals surface area contributed by atoms with Crippen molar-refractivity contribution in [2.45, 2.75) is 25.8 Å². The Morgan fingerprint density at radius 3 is 2.92 bits per heavy atom. The first-order valence-corrected chi connectivity index (χ1v) is 8.38. The third kappa shape index (κ3) is 2.58. The maximum atomic E-state index is 5.40. The lowest BCUT2D eigenvalue weighted by Gasteiger charge is -2.27. The van der Waals surface area contributed by atoms with Gasteiger partial charge in [-0.2, -0.15) is 0 Å². The monoisotopic (exact) mass is 319 g/mol. The minimum Gasteiger partial charge on any atom is -0.497 e.